The zero-order chi connectivity index (χ0) is 14.8. The fourth-order valence-corrected chi connectivity index (χ4v) is 2.91. The van der Waals surface area contributed by atoms with E-state index in [-0.39, 0.29) is 5.16 Å². The standard InChI is InChI=1S/C11H13IN4O3S/c1-19-6-5-16-10(8-3-2-4-9(12)7-8)14-15-11(16)20(13,17)18/h2-4,7H,5-6H2,1H3,(H2,13,17,18). The van der Waals surface area contributed by atoms with Crippen LogP contribution in [0.15, 0.2) is 29.4 Å². The average molecular weight is 408 g/mol. The highest BCUT2D eigenvalue weighted by atomic mass is 127. The van der Waals surface area contributed by atoms with Gasteiger partial charge >= 0.3 is 0 Å². The monoisotopic (exact) mass is 408 g/mol. The summed E-state index contributed by atoms with van der Waals surface area (Å²) in [7, 11) is -2.40. The molecule has 0 atom stereocenters. The number of nitrogens with zero attached hydrogens (tertiary/aromatic N) is 3. The summed E-state index contributed by atoms with van der Waals surface area (Å²) in [4.78, 5) is 0. The molecule has 20 heavy (non-hydrogen) atoms. The summed E-state index contributed by atoms with van der Waals surface area (Å²) in [6, 6.07) is 7.52. The van der Waals surface area contributed by atoms with Gasteiger partial charge in [-0.25, -0.2) is 13.6 Å². The first kappa shape index (κ1) is 15.4. The lowest BCUT2D eigenvalue weighted by atomic mass is 10.2. The number of sulfonamides is 1. The van der Waals surface area contributed by atoms with Crippen molar-refractivity contribution in [2.75, 3.05) is 13.7 Å². The predicted octanol–water partition coefficient (Wildman–Crippen LogP) is 0.843. The minimum atomic E-state index is -3.93. The molecule has 2 aromatic rings. The molecule has 0 aliphatic rings. The number of rotatable bonds is 5. The average Bonchev–Trinajstić information content (AvgIpc) is 2.79. The maximum Gasteiger partial charge on any atom is 0.273 e. The second-order valence-corrected chi connectivity index (χ2v) is 6.71. The summed E-state index contributed by atoms with van der Waals surface area (Å²) in [5.41, 5.74) is 0.774. The lowest BCUT2D eigenvalue weighted by Gasteiger charge is -2.08. The number of nitrogens with two attached hydrogens (primary N) is 1. The van der Waals surface area contributed by atoms with E-state index in [0.29, 0.717) is 19.0 Å². The first-order valence-corrected chi connectivity index (χ1v) is 8.27. The number of methoxy groups -OCH3 is 1. The molecule has 0 saturated carbocycles. The van der Waals surface area contributed by atoms with E-state index in [1.165, 1.54) is 11.7 Å². The third kappa shape index (κ3) is 3.34. The molecule has 2 rings (SSSR count). The summed E-state index contributed by atoms with van der Waals surface area (Å²) >= 11 is 2.17. The van der Waals surface area contributed by atoms with E-state index >= 15 is 0 Å². The van der Waals surface area contributed by atoms with Crippen LogP contribution in [0.2, 0.25) is 0 Å². The second kappa shape index (κ2) is 6.16. The lowest BCUT2D eigenvalue weighted by molar-refractivity contribution is 0.185. The quantitative estimate of drug-likeness (QED) is 0.740. The molecule has 0 radical (unpaired) electrons. The van der Waals surface area contributed by atoms with Gasteiger partial charge in [0.1, 0.15) is 0 Å². The van der Waals surface area contributed by atoms with Gasteiger partial charge in [-0.3, -0.25) is 4.57 Å². The Hall–Kier alpha value is -1.04. The van der Waals surface area contributed by atoms with Crippen molar-refractivity contribution in [1.29, 1.82) is 0 Å². The van der Waals surface area contributed by atoms with Gasteiger partial charge < -0.3 is 4.74 Å². The first-order valence-electron chi connectivity index (χ1n) is 5.64. The number of hydrogen-bond acceptors (Lipinski definition) is 5. The molecular weight excluding hydrogens is 395 g/mol. The largest absolute Gasteiger partial charge is 0.383 e. The number of aromatic nitrogens is 3. The molecule has 2 N–H and O–H groups in total. The van der Waals surface area contributed by atoms with Gasteiger partial charge in [0.2, 0.25) is 0 Å². The smallest absolute Gasteiger partial charge is 0.273 e. The second-order valence-electron chi connectivity index (χ2n) is 4.01. The number of benzene rings is 1. The first-order chi connectivity index (χ1) is 9.43. The van der Waals surface area contributed by atoms with Crippen LogP contribution in [0.3, 0.4) is 0 Å². The summed E-state index contributed by atoms with van der Waals surface area (Å²) in [5, 5.41) is 12.5. The van der Waals surface area contributed by atoms with Gasteiger partial charge in [0.25, 0.3) is 15.2 Å². The zero-order valence-electron chi connectivity index (χ0n) is 10.7. The Morgan fingerprint density at radius 1 is 1.40 bits per heavy atom. The van der Waals surface area contributed by atoms with E-state index in [4.69, 9.17) is 9.88 Å². The van der Waals surface area contributed by atoms with E-state index in [9.17, 15) is 8.42 Å². The third-order valence-corrected chi connectivity index (χ3v) is 4.06. The van der Waals surface area contributed by atoms with Crippen LogP contribution in [0.4, 0.5) is 0 Å². The molecule has 7 nitrogen and oxygen atoms in total. The van der Waals surface area contributed by atoms with Crippen LogP contribution in [0.5, 0.6) is 0 Å². The van der Waals surface area contributed by atoms with Crippen molar-refractivity contribution in [3.05, 3.63) is 27.8 Å². The van der Waals surface area contributed by atoms with Crippen LogP contribution in [0.25, 0.3) is 11.4 Å². The van der Waals surface area contributed by atoms with Crippen molar-refractivity contribution in [1.82, 2.24) is 14.8 Å². The Bertz CT molecular complexity index is 714. The van der Waals surface area contributed by atoms with Crippen LogP contribution in [-0.4, -0.2) is 36.9 Å². The van der Waals surface area contributed by atoms with E-state index in [1.807, 2.05) is 24.3 Å². The molecule has 0 aliphatic heterocycles. The Labute approximate surface area is 130 Å². The summed E-state index contributed by atoms with van der Waals surface area (Å²) < 4.78 is 30.5. The molecule has 0 aliphatic carbocycles. The Kier molecular flexibility index (Phi) is 4.73. The van der Waals surface area contributed by atoms with Gasteiger partial charge in [-0.2, -0.15) is 0 Å². The van der Waals surface area contributed by atoms with Gasteiger partial charge in [0.15, 0.2) is 5.82 Å². The molecule has 0 unspecified atom stereocenters. The van der Waals surface area contributed by atoms with E-state index in [1.54, 1.807) is 0 Å². The van der Waals surface area contributed by atoms with Crippen molar-refractivity contribution in [3.8, 4) is 11.4 Å². The molecule has 0 fully saturated rings. The van der Waals surface area contributed by atoms with Crippen LogP contribution in [0, 0.1) is 3.57 Å². The third-order valence-electron chi connectivity index (χ3n) is 2.57. The highest BCUT2D eigenvalue weighted by Gasteiger charge is 2.21. The summed E-state index contributed by atoms with van der Waals surface area (Å²) in [5.74, 6) is 0.449. The lowest BCUT2D eigenvalue weighted by Crippen LogP contribution is -2.20. The molecule has 9 heteroatoms. The van der Waals surface area contributed by atoms with Crippen molar-refractivity contribution >= 4 is 32.6 Å². The summed E-state index contributed by atoms with van der Waals surface area (Å²) in [6.45, 7) is 0.632. The Balaban J connectivity index is 2.56. The molecule has 108 valence electrons. The van der Waals surface area contributed by atoms with Gasteiger partial charge in [-0.15, -0.1) is 10.2 Å². The number of ether oxygens (including phenoxy) is 1. The summed E-state index contributed by atoms with van der Waals surface area (Å²) in [6.07, 6.45) is 0. The Morgan fingerprint density at radius 3 is 2.75 bits per heavy atom. The molecule has 0 saturated heterocycles. The Morgan fingerprint density at radius 2 is 2.15 bits per heavy atom. The molecule has 1 aromatic carbocycles. The van der Waals surface area contributed by atoms with Crippen LogP contribution < -0.4 is 5.14 Å². The van der Waals surface area contributed by atoms with Crippen LogP contribution >= 0.6 is 22.6 Å². The van der Waals surface area contributed by atoms with Crippen LogP contribution in [-0.2, 0) is 21.3 Å². The van der Waals surface area contributed by atoms with E-state index in [2.05, 4.69) is 32.8 Å². The normalized spacial score (nSPS) is 11.8. The molecule has 1 aromatic heterocycles. The molecule has 1 heterocycles. The van der Waals surface area contributed by atoms with E-state index in [0.717, 1.165) is 9.13 Å². The maximum atomic E-state index is 11.5. The molecular formula is C11H13IN4O3S. The molecule has 0 bridgehead atoms. The van der Waals surface area contributed by atoms with Gasteiger partial charge in [0.05, 0.1) is 13.2 Å². The van der Waals surface area contributed by atoms with Crippen molar-refractivity contribution in [2.24, 2.45) is 5.14 Å². The highest BCUT2D eigenvalue weighted by molar-refractivity contribution is 14.1. The van der Waals surface area contributed by atoms with Crippen molar-refractivity contribution < 1.29 is 13.2 Å². The minimum absolute atomic E-state index is 0.261. The number of halogens is 1. The fraction of sp³-hybridized carbons (Fsp3) is 0.273. The van der Waals surface area contributed by atoms with Crippen LogP contribution in [0.1, 0.15) is 0 Å². The highest BCUT2D eigenvalue weighted by Crippen LogP contribution is 2.21. The maximum absolute atomic E-state index is 11.5. The van der Waals surface area contributed by atoms with Gasteiger partial charge in [0, 0.05) is 16.2 Å². The number of primary sulfonamides is 1. The molecule has 0 amide bonds. The van der Waals surface area contributed by atoms with Crippen molar-refractivity contribution in [2.45, 2.75) is 11.7 Å². The van der Waals surface area contributed by atoms with Gasteiger partial charge in [-0.1, -0.05) is 12.1 Å². The predicted molar refractivity (Wildman–Crippen MR) is 81.4 cm³/mol. The fourth-order valence-electron chi connectivity index (χ4n) is 1.72. The number of hydrogen-bond donors (Lipinski definition) is 1. The van der Waals surface area contributed by atoms with Gasteiger partial charge in [-0.05, 0) is 34.7 Å². The SMILES string of the molecule is COCCn1c(-c2cccc(I)c2)nnc1S(N)(=O)=O. The minimum Gasteiger partial charge on any atom is -0.383 e. The van der Waals surface area contributed by atoms with E-state index < -0.39 is 10.0 Å². The zero-order valence-corrected chi connectivity index (χ0v) is 13.6. The van der Waals surface area contributed by atoms with Crippen molar-refractivity contribution in [3.63, 3.8) is 0 Å². The topological polar surface area (TPSA) is 100 Å². The molecule has 0 spiro atoms.